The highest BCUT2D eigenvalue weighted by Crippen LogP contribution is 2.14. The van der Waals surface area contributed by atoms with E-state index >= 15 is 0 Å². The van der Waals surface area contributed by atoms with E-state index in [1.807, 2.05) is 32.9 Å². The largest absolute Gasteiger partial charge is 0.254 e. The van der Waals surface area contributed by atoms with Crippen molar-refractivity contribution in [1.82, 2.24) is 4.98 Å². The van der Waals surface area contributed by atoms with Gasteiger partial charge in [-0.15, -0.1) is 0 Å². The molecule has 1 rings (SSSR count). The lowest BCUT2D eigenvalue weighted by Gasteiger charge is -2.12. The Kier molecular flexibility index (Phi) is 4.16. The number of pyridine rings is 1. The highest BCUT2D eigenvalue weighted by Gasteiger charge is 2.18. The highest BCUT2D eigenvalue weighted by molar-refractivity contribution is 9.10. The molecule has 1 atom stereocenters. The summed E-state index contributed by atoms with van der Waals surface area (Å²) >= 11 is 3.34. The first-order valence-corrected chi connectivity index (χ1v) is 6.38. The fourth-order valence-corrected chi connectivity index (χ4v) is 1.62. The summed E-state index contributed by atoms with van der Waals surface area (Å²) in [5.74, 6) is 0. The minimum absolute atomic E-state index is 0.336. The zero-order valence-electron chi connectivity index (χ0n) is 8.90. The lowest BCUT2D eigenvalue weighted by molar-refractivity contribution is 0.651. The fourth-order valence-electron chi connectivity index (χ4n) is 0.749. The topological polar surface area (TPSA) is 42.3 Å². The lowest BCUT2D eigenvalue weighted by atomic mass is 10.3. The number of halogens is 1. The summed E-state index contributed by atoms with van der Waals surface area (Å²) in [6.45, 7) is 5.65. The van der Waals surface area contributed by atoms with Crippen LogP contribution >= 0.6 is 15.9 Å². The molecule has 1 aromatic heterocycles. The van der Waals surface area contributed by atoms with Crippen LogP contribution in [0, 0.1) is 0 Å². The molecule has 0 aromatic carbocycles. The molecule has 1 aromatic rings. The van der Waals surface area contributed by atoms with Crippen LogP contribution in [0.4, 0.5) is 0 Å². The third kappa shape index (κ3) is 3.83. The van der Waals surface area contributed by atoms with Crippen molar-refractivity contribution in [2.75, 3.05) is 0 Å². The van der Waals surface area contributed by atoms with E-state index in [9.17, 15) is 4.21 Å². The zero-order valence-corrected chi connectivity index (χ0v) is 11.3. The smallest absolute Gasteiger partial charge is 0.144 e. The van der Waals surface area contributed by atoms with Crippen LogP contribution in [-0.2, 0) is 11.0 Å². The van der Waals surface area contributed by atoms with Crippen LogP contribution in [0.15, 0.2) is 27.2 Å². The molecule has 0 aliphatic rings. The minimum Gasteiger partial charge on any atom is -0.254 e. The summed E-state index contributed by atoms with van der Waals surface area (Å²) in [6, 6.07) is 3.69. The van der Waals surface area contributed by atoms with Gasteiger partial charge in [-0.25, -0.2) is 4.21 Å². The van der Waals surface area contributed by atoms with E-state index in [2.05, 4.69) is 25.3 Å². The molecule has 0 amide bonds. The van der Waals surface area contributed by atoms with Gasteiger partial charge in [0.05, 0.1) is 16.7 Å². The van der Waals surface area contributed by atoms with Gasteiger partial charge in [-0.05, 0) is 48.8 Å². The van der Waals surface area contributed by atoms with Gasteiger partial charge in [-0.3, -0.25) is 4.98 Å². The Labute approximate surface area is 101 Å². The quantitative estimate of drug-likeness (QED) is 0.786. The van der Waals surface area contributed by atoms with Crippen molar-refractivity contribution in [1.29, 1.82) is 0 Å². The van der Waals surface area contributed by atoms with Crippen LogP contribution in [-0.4, -0.2) is 20.2 Å². The number of nitrogens with zero attached hydrogens (tertiary/aromatic N) is 2. The molecule has 5 heteroatoms. The van der Waals surface area contributed by atoms with Crippen molar-refractivity contribution in [3.8, 4) is 0 Å². The van der Waals surface area contributed by atoms with Crippen molar-refractivity contribution < 1.29 is 4.21 Å². The van der Waals surface area contributed by atoms with Gasteiger partial charge in [0.15, 0.2) is 0 Å². The summed E-state index contributed by atoms with van der Waals surface area (Å²) < 4.78 is 16.1. The predicted octanol–water partition coefficient (Wildman–Crippen LogP) is 2.73. The van der Waals surface area contributed by atoms with E-state index in [1.165, 1.54) is 6.21 Å². The Balaban J connectivity index is 2.84. The summed E-state index contributed by atoms with van der Waals surface area (Å²) in [5.41, 5.74) is 0.690. The van der Waals surface area contributed by atoms with Crippen LogP contribution in [0.5, 0.6) is 0 Å². The second kappa shape index (κ2) is 4.99. The van der Waals surface area contributed by atoms with Crippen molar-refractivity contribution in [2.45, 2.75) is 25.5 Å². The molecule has 15 heavy (non-hydrogen) atoms. The second-order valence-electron chi connectivity index (χ2n) is 3.97. The van der Waals surface area contributed by atoms with E-state index in [1.54, 1.807) is 6.20 Å². The van der Waals surface area contributed by atoms with E-state index in [0.29, 0.717) is 5.69 Å². The fraction of sp³-hybridized carbons (Fsp3) is 0.400. The molecule has 0 saturated heterocycles. The Bertz CT molecular complexity index is 399. The maximum Gasteiger partial charge on any atom is 0.144 e. The van der Waals surface area contributed by atoms with Crippen LogP contribution in [0.2, 0.25) is 0 Å². The minimum atomic E-state index is -1.24. The van der Waals surface area contributed by atoms with Gasteiger partial charge >= 0.3 is 0 Å². The van der Waals surface area contributed by atoms with Gasteiger partial charge in [0.25, 0.3) is 0 Å². The Morgan fingerprint density at radius 2 is 2.20 bits per heavy atom. The maximum absolute atomic E-state index is 11.6. The van der Waals surface area contributed by atoms with Gasteiger partial charge in [-0.1, -0.05) is 0 Å². The molecule has 0 aliphatic heterocycles. The SMILES string of the molecule is CC(C)(C)[S@](=O)/N=C\c1ncccc1Br. The number of rotatable bonds is 2. The Morgan fingerprint density at radius 1 is 1.53 bits per heavy atom. The number of aromatic nitrogens is 1. The third-order valence-electron chi connectivity index (χ3n) is 1.58. The van der Waals surface area contributed by atoms with Crippen LogP contribution in [0.3, 0.4) is 0 Å². The molecule has 0 aliphatic carbocycles. The number of hydrogen-bond donors (Lipinski definition) is 0. The first-order valence-electron chi connectivity index (χ1n) is 4.48. The Hall–Kier alpha value is -0.550. The van der Waals surface area contributed by atoms with Gasteiger partial charge in [0.2, 0.25) is 0 Å². The normalized spacial score (nSPS) is 14.4. The Morgan fingerprint density at radius 3 is 2.73 bits per heavy atom. The number of hydrogen-bond acceptors (Lipinski definition) is 2. The third-order valence-corrected chi connectivity index (χ3v) is 3.60. The van der Waals surface area contributed by atoms with E-state index in [0.717, 1.165) is 4.47 Å². The average Bonchev–Trinajstić information content (AvgIpc) is 2.14. The molecule has 0 bridgehead atoms. The maximum atomic E-state index is 11.6. The van der Waals surface area contributed by atoms with Crippen molar-refractivity contribution in [3.63, 3.8) is 0 Å². The molecule has 0 saturated carbocycles. The molecule has 0 radical (unpaired) electrons. The molecule has 1 heterocycles. The van der Waals surface area contributed by atoms with E-state index in [-0.39, 0.29) is 4.75 Å². The summed E-state index contributed by atoms with van der Waals surface area (Å²) in [7, 11) is -1.24. The summed E-state index contributed by atoms with van der Waals surface area (Å²) in [4.78, 5) is 4.10. The van der Waals surface area contributed by atoms with Crippen molar-refractivity contribution >= 4 is 33.1 Å². The van der Waals surface area contributed by atoms with Crippen molar-refractivity contribution in [3.05, 3.63) is 28.5 Å². The first-order chi connectivity index (χ1) is 6.91. The first kappa shape index (κ1) is 12.5. The molecular formula is C10H13BrN2OS. The van der Waals surface area contributed by atoms with Gasteiger partial charge in [0, 0.05) is 10.7 Å². The molecular weight excluding hydrogens is 276 g/mol. The van der Waals surface area contributed by atoms with Crippen LogP contribution in [0.1, 0.15) is 26.5 Å². The monoisotopic (exact) mass is 288 g/mol. The van der Waals surface area contributed by atoms with Gasteiger partial charge in [0.1, 0.15) is 11.0 Å². The molecule has 82 valence electrons. The lowest BCUT2D eigenvalue weighted by Crippen LogP contribution is -2.19. The standard InChI is InChI=1S/C10H13BrN2OS/c1-10(2,3)15(14)13-7-9-8(11)5-4-6-12-9/h4-7H,1-3H3/b13-7-/t15-/m0/s1. The van der Waals surface area contributed by atoms with Crippen LogP contribution < -0.4 is 0 Å². The summed E-state index contributed by atoms with van der Waals surface area (Å²) in [5, 5.41) is 0. The predicted molar refractivity (Wildman–Crippen MR) is 67.4 cm³/mol. The summed E-state index contributed by atoms with van der Waals surface area (Å²) in [6.07, 6.45) is 3.21. The zero-order chi connectivity index (χ0) is 11.5. The molecule has 3 nitrogen and oxygen atoms in total. The van der Waals surface area contributed by atoms with E-state index in [4.69, 9.17) is 0 Å². The van der Waals surface area contributed by atoms with Gasteiger partial charge in [-0.2, -0.15) is 4.40 Å². The average molecular weight is 289 g/mol. The van der Waals surface area contributed by atoms with Gasteiger partial charge < -0.3 is 0 Å². The van der Waals surface area contributed by atoms with Crippen molar-refractivity contribution in [2.24, 2.45) is 4.40 Å². The molecule has 0 N–H and O–H groups in total. The molecule has 0 fully saturated rings. The molecule has 0 unspecified atom stereocenters. The molecule has 0 spiro atoms. The van der Waals surface area contributed by atoms with Crippen LogP contribution in [0.25, 0.3) is 0 Å². The second-order valence-corrected chi connectivity index (χ2v) is 6.75. The highest BCUT2D eigenvalue weighted by atomic mass is 79.9. The van der Waals surface area contributed by atoms with E-state index < -0.39 is 11.0 Å².